The Kier molecular flexibility index (Phi) is 4.47. The fourth-order valence-corrected chi connectivity index (χ4v) is 3.87. The van der Waals surface area contributed by atoms with Crippen molar-refractivity contribution in [2.24, 2.45) is 5.92 Å². The predicted octanol–water partition coefficient (Wildman–Crippen LogP) is 5.60. The van der Waals surface area contributed by atoms with Gasteiger partial charge in [-0.3, -0.25) is 4.79 Å². The van der Waals surface area contributed by atoms with Gasteiger partial charge in [-0.2, -0.15) is 0 Å². The number of hydrogen-bond acceptors (Lipinski definition) is 2. The lowest BCUT2D eigenvalue weighted by Crippen LogP contribution is -2.43. The van der Waals surface area contributed by atoms with E-state index < -0.39 is 11.6 Å². The zero-order valence-electron chi connectivity index (χ0n) is 14.3. The molecule has 2 aliphatic rings. The van der Waals surface area contributed by atoms with Crippen molar-refractivity contribution < 1.29 is 18.3 Å². The minimum absolute atomic E-state index is 0.107. The summed E-state index contributed by atoms with van der Waals surface area (Å²) in [5, 5.41) is 0. The van der Waals surface area contributed by atoms with Gasteiger partial charge < -0.3 is 9.64 Å². The summed E-state index contributed by atoms with van der Waals surface area (Å²) in [7, 11) is 0. The van der Waals surface area contributed by atoms with Crippen LogP contribution in [0, 0.1) is 17.6 Å². The minimum Gasteiger partial charge on any atom is -0.453 e. The molecule has 1 atom stereocenters. The molecule has 1 unspecified atom stereocenters. The summed E-state index contributed by atoms with van der Waals surface area (Å²) in [4.78, 5) is 14.6. The number of benzene rings is 2. The van der Waals surface area contributed by atoms with Crippen molar-refractivity contribution in [3.8, 4) is 11.5 Å². The van der Waals surface area contributed by atoms with Gasteiger partial charge in [0.25, 0.3) is 0 Å². The van der Waals surface area contributed by atoms with Crippen LogP contribution in [0.25, 0.3) is 0 Å². The van der Waals surface area contributed by atoms with Crippen LogP contribution >= 0.6 is 15.9 Å². The normalized spacial score (nSPS) is 19.2. The molecule has 2 aromatic carbocycles. The molecule has 0 bridgehead atoms. The van der Waals surface area contributed by atoms with E-state index in [0.29, 0.717) is 16.6 Å². The van der Waals surface area contributed by atoms with E-state index in [1.54, 1.807) is 6.07 Å². The smallest absolute Gasteiger partial charge is 0.230 e. The van der Waals surface area contributed by atoms with Crippen LogP contribution in [-0.2, 0) is 11.2 Å². The van der Waals surface area contributed by atoms with Gasteiger partial charge in [0.1, 0.15) is 11.6 Å². The largest absolute Gasteiger partial charge is 0.453 e. The van der Waals surface area contributed by atoms with Crippen molar-refractivity contribution in [1.82, 2.24) is 0 Å². The molecule has 136 valence electrons. The molecule has 1 aliphatic carbocycles. The molecular formula is C20H18BrF2NO2. The average molecular weight is 422 g/mol. The number of rotatable bonds is 3. The molecule has 1 fully saturated rings. The highest BCUT2D eigenvalue weighted by Crippen LogP contribution is 2.45. The summed E-state index contributed by atoms with van der Waals surface area (Å²) in [6.45, 7) is 2.04. The molecule has 1 heterocycles. The summed E-state index contributed by atoms with van der Waals surface area (Å²) in [6.07, 6.45) is 3.37. The second kappa shape index (κ2) is 6.65. The third-order valence-corrected chi connectivity index (χ3v) is 5.59. The van der Waals surface area contributed by atoms with Crippen molar-refractivity contribution in [1.29, 1.82) is 0 Å². The van der Waals surface area contributed by atoms with Gasteiger partial charge in [-0.25, -0.2) is 8.78 Å². The van der Waals surface area contributed by atoms with Crippen molar-refractivity contribution in [2.45, 2.75) is 38.6 Å². The SMILES string of the molecule is CC1CCc2c(ccc(Br)c2Oc2cc(F)ccc2F)N1C(=O)C1CC1. The lowest BCUT2D eigenvalue weighted by molar-refractivity contribution is -0.120. The molecule has 0 N–H and O–H groups in total. The Morgan fingerprint density at radius 2 is 1.96 bits per heavy atom. The van der Waals surface area contributed by atoms with E-state index in [0.717, 1.165) is 48.7 Å². The molecule has 4 rings (SSSR count). The zero-order valence-corrected chi connectivity index (χ0v) is 15.9. The number of carbonyl (C=O) groups is 1. The van der Waals surface area contributed by atoms with Crippen molar-refractivity contribution in [3.05, 3.63) is 52.0 Å². The fraction of sp³-hybridized carbons (Fsp3) is 0.350. The molecule has 6 heteroatoms. The molecule has 26 heavy (non-hydrogen) atoms. The van der Waals surface area contributed by atoms with E-state index in [2.05, 4.69) is 15.9 Å². The topological polar surface area (TPSA) is 29.5 Å². The van der Waals surface area contributed by atoms with Crippen molar-refractivity contribution in [2.75, 3.05) is 4.90 Å². The molecule has 0 radical (unpaired) electrons. The van der Waals surface area contributed by atoms with Crippen molar-refractivity contribution in [3.63, 3.8) is 0 Å². The molecule has 1 amide bonds. The third kappa shape index (κ3) is 3.11. The van der Waals surface area contributed by atoms with Gasteiger partial charge in [-0.1, -0.05) is 0 Å². The Hall–Kier alpha value is -1.95. The summed E-state index contributed by atoms with van der Waals surface area (Å²) in [6, 6.07) is 6.91. The third-order valence-electron chi connectivity index (χ3n) is 4.97. The van der Waals surface area contributed by atoms with E-state index in [4.69, 9.17) is 4.74 Å². The van der Waals surface area contributed by atoms with Gasteiger partial charge in [0.2, 0.25) is 5.91 Å². The highest BCUT2D eigenvalue weighted by molar-refractivity contribution is 9.10. The van der Waals surface area contributed by atoms with Crippen LogP contribution in [0.4, 0.5) is 14.5 Å². The number of fused-ring (bicyclic) bond motifs is 1. The number of ether oxygens (including phenoxy) is 1. The Bertz CT molecular complexity index is 882. The fourth-order valence-electron chi connectivity index (χ4n) is 3.41. The first-order chi connectivity index (χ1) is 12.5. The molecule has 0 spiro atoms. The zero-order chi connectivity index (χ0) is 18.4. The summed E-state index contributed by atoms with van der Waals surface area (Å²) >= 11 is 3.44. The highest BCUT2D eigenvalue weighted by atomic mass is 79.9. The van der Waals surface area contributed by atoms with E-state index in [1.807, 2.05) is 17.9 Å². The first-order valence-electron chi connectivity index (χ1n) is 8.73. The Morgan fingerprint density at radius 3 is 2.69 bits per heavy atom. The van der Waals surface area contributed by atoms with Crippen LogP contribution in [-0.4, -0.2) is 11.9 Å². The maximum absolute atomic E-state index is 14.0. The van der Waals surface area contributed by atoms with Crippen molar-refractivity contribution >= 4 is 27.5 Å². The molecule has 1 aliphatic heterocycles. The van der Waals surface area contributed by atoms with Crippen LogP contribution in [0.5, 0.6) is 11.5 Å². The van der Waals surface area contributed by atoms with E-state index in [9.17, 15) is 13.6 Å². The van der Waals surface area contributed by atoms with Gasteiger partial charge in [0.05, 0.1) is 10.2 Å². The van der Waals surface area contributed by atoms with Gasteiger partial charge in [0, 0.05) is 23.6 Å². The summed E-state index contributed by atoms with van der Waals surface area (Å²) < 4.78 is 33.9. The number of halogens is 3. The minimum atomic E-state index is -0.633. The van der Waals surface area contributed by atoms with E-state index in [1.165, 1.54) is 0 Å². The Balaban J connectivity index is 1.77. The number of nitrogens with zero attached hydrogens (tertiary/aromatic N) is 1. The van der Waals surface area contributed by atoms with Gasteiger partial charge in [-0.05, 0) is 72.8 Å². The average Bonchev–Trinajstić information content (AvgIpc) is 3.45. The maximum atomic E-state index is 14.0. The first kappa shape index (κ1) is 17.5. The second-order valence-corrected chi connectivity index (χ2v) is 7.78. The number of amides is 1. The van der Waals surface area contributed by atoms with Crippen LogP contribution in [0.1, 0.15) is 31.7 Å². The van der Waals surface area contributed by atoms with E-state index >= 15 is 0 Å². The van der Waals surface area contributed by atoms with Crippen LogP contribution in [0.2, 0.25) is 0 Å². The van der Waals surface area contributed by atoms with E-state index in [-0.39, 0.29) is 23.6 Å². The summed E-state index contributed by atoms with van der Waals surface area (Å²) in [5.41, 5.74) is 1.64. The Morgan fingerprint density at radius 1 is 1.19 bits per heavy atom. The standard InChI is InChI=1S/C20H18BrF2NO2/c1-11-2-6-14-17(24(11)20(25)12-3-4-12)9-7-15(21)19(14)26-18-10-13(22)5-8-16(18)23/h5,7-12H,2-4,6H2,1H3. The van der Waals surface area contributed by atoms with Crippen LogP contribution in [0.3, 0.4) is 0 Å². The molecule has 2 aromatic rings. The maximum Gasteiger partial charge on any atom is 0.230 e. The van der Waals surface area contributed by atoms with Crippen LogP contribution < -0.4 is 9.64 Å². The molecule has 1 saturated carbocycles. The van der Waals surface area contributed by atoms with Crippen LogP contribution in [0.15, 0.2) is 34.8 Å². The number of carbonyl (C=O) groups excluding carboxylic acids is 1. The summed E-state index contributed by atoms with van der Waals surface area (Å²) in [5.74, 6) is -0.682. The number of hydrogen-bond donors (Lipinski definition) is 0. The van der Waals surface area contributed by atoms with Gasteiger partial charge in [0.15, 0.2) is 11.6 Å². The Labute approximate surface area is 159 Å². The molecule has 3 nitrogen and oxygen atoms in total. The highest BCUT2D eigenvalue weighted by Gasteiger charge is 2.39. The first-order valence-corrected chi connectivity index (χ1v) is 9.52. The van der Waals surface area contributed by atoms with Gasteiger partial charge >= 0.3 is 0 Å². The quantitative estimate of drug-likeness (QED) is 0.645. The molecule has 0 aromatic heterocycles. The lowest BCUT2D eigenvalue weighted by atomic mass is 9.95. The predicted molar refractivity (Wildman–Crippen MR) is 98.6 cm³/mol. The second-order valence-electron chi connectivity index (χ2n) is 6.92. The molecular weight excluding hydrogens is 404 g/mol. The number of anilines is 1. The molecule has 0 saturated heterocycles. The van der Waals surface area contributed by atoms with Gasteiger partial charge in [-0.15, -0.1) is 0 Å². The monoisotopic (exact) mass is 421 g/mol. The lowest BCUT2D eigenvalue weighted by Gasteiger charge is -2.36.